The maximum atomic E-state index is 3.88. The van der Waals surface area contributed by atoms with Crippen molar-refractivity contribution in [1.29, 1.82) is 0 Å². The number of likely N-dealkylation sites (N-methyl/N-ethyl adjacent to an activating group) is 1. The van der Waals surface area contributed by atoms with E-state index < -0.39 is 0 Å². The van der Waals surface area contributed by atoms with Crippen LogP contribution in [-0.4, -0.2) is 37.6 Å². The Kier molecular flexibility index (Phi) is 3.92. The highest BCUT2D eigenvalue weighted by Gasteiger charge is 2.55. The Labute approximate surface area is 125 Å². The zero-order valence-electron chi connectivity index (χ0n) is 14.0. The topological polar surface area (TPSA) is 15.3 Å². The Morgan fingerprint density at radius 1 is 1.20 bits per heavy atom. The fourth-order valence-corrected chi connectivity index (χ4v) is 6.19. The van der Waals surface area contributed by atoms with Gasteiger partial charge in [-0.05, 0) is 81.7 Å². The minimum atomic E-state index is 0.626. The lowest BCUT2D eigenvalue weighted by Gasteiger charge is -2.61. The fourth-order valence-electron chi connectivity index (χ4n) is 6.19. The smallest absolute Gasteiger partial charge is 0.0166 e. The van der Waals surface area contributed by atoms with E-state index in [0.29, 0.717) is 16.9 Å². The van der Waals surface area contributed by atoms with E-state index in [-0.39, 0.29) is 0 Å². The normalized spacial score (nSPS) is 44.2. The molecule has 2 heteroatoms. The molecule has 0 aromatic rings. The second-order valence-corrected chi connectivity index (χ2v) is 8.91. The van der Waals surface area contributed by atoms with Crippen LogP contribution in [-0.2, 0) is 0 Å². The molecule has 4 rings (SSSR count). The molecule has 0 spiro atoms. The molecule has 20 heavy (non-hydrogen) atoms. The van der Waals surface area contributed by atoms with E-state index in [1.165, 1.54) is 45.2 Å². The fraction of sp³-hybridized carbons (Fsp3) is 1.00. The quantitative estimate of drug-likeness (QED) is 0.799. The van der Waals surface area contributed by atoms with Gasteiger partial charge >= 0.3 is 0 Å². The molecule has 4 fully saturated rings. The Hall–Kier alpha value is -0.0800. The number of nitrogens with one attached hydrogen (secondary N) is 1. The molecule has 0 heterocycles. The van der Waals surface area contributed by atoms with Gasteiger partial charge in [0.2, 0.25) is 0 Å². The number of nitrogens with zero attached hydrogens (tertiary/aromatic N) is 1. The van der Waals surface area contributed by atoms with Crippen LogP contribution >= 0.6 is 0 Å². The van der Waals surface area contributed by atoms with Gasteiger partial charge in [0.1, 0.15) is 0 Å². The van der Waals surface area contributed by atoms with E-state index in [1.807, 2.05) is 0 Å². The molecule has 2 nitrogen and oxygen atoms in total. The first-order valence-corrected chi connectivity index (χ1v) is 8.84. The summed E-state index contributed by atoms with van der Waals surface area (Å²) in [5, 5.41) is 3.88. The predicted octanol–water partition coefficient (Wildman–Crippen LogP) is 3.52. The van der Waals surface area contributed by atoms with Crippen LogP contribution in [0.5, 0.6) is 0 Å². The Morgan fingerprint density at radius 3 is 2.40 bits per heavy atom. The van der Waals surface area contributed by atoms with Crippen LogP contribution < -0.4 is 5.32 Å². The summed E-state index contributed by atoms with van der Waals surface area (Å²) in [5.41, 5.74) is 1.34. The molecule has 4 aliphatic rings. The number of hydrogen-bond acceptors (Lipinski definition) is 2. The highest BCUT2D eigenvalue weighted by molar-refractivity contribution is 5.06. The first kappa shape index (κ1) is 14.8. The zero-order chi connectivity index (χ0) is 14.4. The van der Waals surface area contributed by atoms with Crippen molar-refractivity contribution in [1.82, 2.24) is 10.2 Å². The third-order valence-electron chi connectivity index (χ3n) is 6.43. The van der Waals surface area contributed by atoms with Gasteiger partial charge in [-0.2, -0.15) is 0 Å². The van der Waals surface area contributed by atoms with Crippen molar-refractivity contribution in [2.24, 2.45) is 22.7 Å². The lowest BCUT2D eigenvalue weighted by Crippen LogP contribution is -2.55. The van der Waals surface area contributed by atoms with Gasteiger partial charge in [-0.25, -0.2) is 0 Å². The summed E-state index contributed by atoms with van der Waals surface area (Å²) < 4.78 is 0. The van der Waals surface area contributed by atoms with Crippen LogP contribution in [0.25, 0.3) is 0 Å². The highest BCUT2D eigenvalue weighted by Crippen LogP contribution is 2.64. The molecule has 0 aromatic carbocycles. The van der Waals surface area contributed by atoms with Gasteiger partial charge in [-0.1, -0.05) is 13.8 Å². The van der Waals surface area contributed by atoms with Crippen LogP contribution in [0.4, 0.5) is 0 Å². The van der Waals surface area contributed by atoms with Gasteiger partial charge in [0.15, 0.2) is 0 Å². The van der Waals surface area contributed by atoms with Crippen LogP contribution in [0.1, 0.15) is 59.3 Å². The summed E-state index contributed by atoms with van der Waals surface area (Å²) in [6.07, 6.45) is 9.13. The second-order valence-electron chi connectivity index (χ2n) is 8.91. The summed E-state index contributed by atoms with van der Waals surface area (Å²) in [6.45, 7) is 10.8. The average Bonchev–Trinajstić information content (AvgIpc) is 2.33. The van der Waals surface area contributed by atoms with E-state index in [4.69, 9.17) is 0 Å². The Balaban J connectivity index is 1.57. The van der Waals surface area contributed by atoms with E-state index in [2.05, 4.69) is 38.0 Å². The Morgan fingerprint density at radius 2 is 1.85 bits per heavy atom. The standard InChI is InChI=1S/C18H34N2/c1-5-20(4)11-14(2)19-13-18-9-15-6-16(10-18)8-17(3,7-15)12-18/h14-16,19H,5-13H2,1-4H3. The molecule has 4 bridgehead atoms. The largest absolute Gasteiger partial charge is 0.312 e. The van der Waals surface area contributed by atoms with Crippen molar-refractivity contribution in [3.63, 3.8) is 0 Å². The van der Waals surface area contributed by atoms with E-state index >= 15 is 0 Å². The molecule has 1 N–H and O–H groups in total. The van der Waals surface area contributed by atoms with Gasteiger partial charge in [0.25, 0.3) is 0 Å². The molecule has 4 saturated carbocycles. The summed E-state index contributed by atoms with van der Waals surface area (Å²) in [5.74, 6) is 2.10. The first-order chi connectivity index (χ1) is 9.42. The first-order valence-electron chi connectivity index (χ1n) is 8.84. The molecule has 0 aromatic heterocycles. The van der Waals surface area contributed by atoms with Crippen LogP contribution in [0, 0.1) is 22.7 Å². The Bertz CT molecular complexity index is 337. The highest BCUT2D eigenvalue weighted by atomic mass is 15.1. The molecular formula is C18H34N2. The van der Waals surface area contributed by atoms with Crippen molar-refractivity contribution in [2.75, 3.05) is 26.7 Å². The maximum Gasteiger partial charge on any atom is 0.0166 e. The van der Waals surface area contributed by atoms with Crippen molar-refractivity contribution in [3.8, 4) is 0 Å². The average molecular weight is 278 g/mol. The SMILES string of the molecule is CCN(C)CC(C)NCC12CC3CC(CC(C)(C3)C1)C2. The minimum Gasteiger partial charge on any atom is -0.312 e. The molecule has 4 aliphatic carbocycles. The molecule has 0 radical (unpaired) electrons. The molecule has 3 unspecified atom stereocenters. The lowest BCUT2D eigenvalue weighted by molar-refractivity contribution is -0.101. The van der Waals surface area contributed by atoms with E-state index in [9.17, 15) is 0 Å². The van der Waals surface area contributed by atoms with Gasteiger partial charge in [0.05, 0.1) is 0 Å². The predicted molar refractivity (Wildman–Crippen MR) is 85.9 cm³/mol. The van der Waals surface area contributed by atoms with Crippen LogP contribution in [0.3, 0.4) is 0 Å². The molecular weight excluding hydrogens is 244 g/mol. The molecule has 3 atom stereocenters. The molecule has 0 amide bonds. The number of hydrogen-bond donors (Lipinski definition) is 1. The summed E-state index contributed by atoms with van der Waals surface area (Å²) in [7, 11) is 2.23. The van der Waals surface area contributed by atoms with Crippen molar-refractivity contribution >= 4 is 0 Å². The van der Waals surface area contributed by atoms with Gasteiger partial charge < -0.3 is 10.2 Å². The molecule has 0 saturated heterocycles. The second kappa shape index (κ2) is 5.28. The zero-order valence-corrected chi connectivity index (χ0v) is 14.0. The van der Waals surface area contributed by atoms with Crippen LogP contribution in [0.2, 0.25) is 0 Å². The minimum absolute atomic E-state index is 0.626. The van der Waals surface area contributed by atoms with E-state index in [0.717, 1.165) is 18.4 Å². The van der Waals surface area contributed by atoms with Gasteiger partial charge in [-0.3, -0.25) is 0 Å². The monoisotopic (exact) mass is 278 g/mol. The third kappa shape index (κ3) is 2.92. The third-order valence-corrected chi connectivity index (χ3v) is 6.43. The summed E-state index contributed by atoms with van der Waals surface area (Å²) in [6, 6.07) is 0.626. The maximum absolute atomic E-state index is 3.88. The van der Waals surface area contributed by atoms with Crippen LogP contribution in [0.15, 0.2) is 0 Å². The van der Waals surface area contributed by atoms with Crippen molar-refractivity contribution in [2.45, 2.75) is 65.3 Å². The molecule has 116 valence electrons. The van der Waals surface area contributed by atoms with Crippen molar-refractivity contribution in [3.05, 3.63) is 0 Å². The summed E-state index contributed by atoms with van der Waals surface area (Å²) in [4.78, 5) is 2.42. The van der Waals surface area contributed by atoms with Crippen molar-refractivity contribution < 1.29 is 0 Å². The lowest BCUT2D eigenvalue weighted by atomic mass is 9.44. The summed E-state index contributed by atoms with van der Waals surface area (Å²) >= 11 is 0. The van der Waals surface area contributed by atoms with E-state index in [1.54, 1.807) is 6.42 Å². The van der Waals surface area contributed by atoms with Gasteiger partial charge in [-0.15, -0.1) is 0 Å². The van der Waals surface area contributed by atoms with Gasteiger partial charge in [0, 0.05) is 19.1 Å². The number of rotatable bonds is 6. The molecule has 0 aliphatic heterocycles.